The van der Waals surface area contributed by atoms with Gasteiger partial charge in [-0.2, -0.15) is 0 Å². The summed E-state index contributed by atoms with van der Waals surface area (Å²) in [6.07, 6.45) is 0. The standard InChI is InChI=1S/C4H9N3O2/c8-7(9)6-3-1-5-2-4-6/h5H,1-4H2/i1D2,2D2,3D2,4D2. The second-order valence-electron chi connectivity index (χ2n) is 1.15. The minimum Gasteiger partial charge on any atom is -0.313 e. The van der Waals surface area contributed by atoms with Gasteiger partial charge >= 0.3 is 0 Å². The maximum Gasteiger partial charge on any atom is 0.160 e. The van der Waals surface area contributed by atoms with E-state index in [0.29, 0.717) is 0 Å². The fourth-order valence-corrected chi connectivity index (χ4v) is 0.303. The lowest BCUT2D eigenvalue weighted by Crippen LogP contribution is -2.46. The quantitative estimate of drug-likeness (QED) is 0.377. The Morgan fingerprint density at radius 2 is 2.22 bits per heavy atom. The van der Waals surface area contributed by atoms with Crippen molar-refractivity contribution >= 4 is 0 Å². The number of piperazine rings is 1. The van der Waals surface area contributed by atoms with E-state index in [1.807, 2.05) is 0 Å². The van der Waals surface area contributed by atoms with E-state index in [-0.39, 0.29) is 0 Å². The van der Waals surface area contributed by atoms with Crippen molar-refractivity contribution in [2.45, 2.75) is 0 Å². The van der Waals surface area contributed by atoms with E-state index in [9.17, 15) is 10.1 Å². The lowest BCUT2D eigenvalue weighted by atomic mass is 10.4. The molecule has 0 saturated carbocycles. The molecule has 1 rings (SSSR count). The van der Waals surface area contributed by atoms with Crippen molar-refractivity contribution in [3.05, 3.63) is 10.1 Å². The Morgan fingerprint density at radius 3 is 2.67 bits per heavy atom. The number of rotatable bonds is 1. The second kappa shape index (κ2) is 2.63. The highest BCUT2D eigenvalue weighted by Crippen LogP contribution is 1.89. The van der Waals surface area contributed by atoms with E-state index < -0.39 is 36.0 Å². The predicted octanol–water partition coefficient (Wildman–Crippen LogP) is -0.917. The van der Waals surface area contributed by atoms with Crippen molar-refractivity contribution in [1.82, 2.24) is 10.3 Å². The average Bonchev–Trinajstić information content (AvgIpc) is 1.96. The highest BCUT2D eigenvalue weighted by molar-refractivity contribution is 4.59. The largest absolute Gasteiger partial charge is 0.313 e. The molecule has 1 N–H and O–H groups in total. The van der Waals surface area contributed by atoms with Crippen LogP contribution in [0, 0.1) is 10.1 Å². The van der Waals surface area contributed by atoms with E-state index >= 15 is 0 Å². The summed E-state index contributed by atoms with van der Waals surface area (Å²) in [6.45, 7) is -13.0. The minimum atomic E-state index is -3.36. The van der Waals surface area contributed by atoms with E-state index in [1.165, 1.54) is 5.32 Å². The Hall–Kier alpha value is -0.840. The molecule has 1 aliphatic heterocycles. The second-order valence-corrected chi connectivity index (χ2v) is 1.15. The molecule has 0 aromatic rings. The van der Waals surface area contributed by atoms with Gasteiger partial charge in [0.2, 0.25) is 0 Å². The maximum atomic E-state index is 10.7. The third kappa shape index (κ3) is 1.53. The van der Waals surface area contributed by atoms with Crippen LogP contribution in [0.3, 0.4) is 0 Å². The van der Waals surface area contributed by atoms with Crippen LogP contribution in [-0.4, -0.2) is 36.0 Å². The van der Waals surface area contributed by atoms with Gasteiger partial charge in [0, 0.05) is 18.5 Å². The molecule has 5 heteroatoms. The SMILES string of the molecule is [2H]C1([2H])NC([2H])([2H])C([2H])([2H])N([N+](=O)[O-])C1([2H])[2H]. The lowest BCUT2D eigenvalue weighted by Gasteiger charge is -2.19. The van der Waals surface area contributed by atoms with Gasteiger partial charge in [0.1, 0.15) is 0 Å². The Balaban J connectivity index is 3.43. The molecule has 52 valence electrons. The zero-order valence-corrected chi connectivity index (χ0v) is 4.21. The van der Waals surface area contributed by atoms with Gasteiger partial charge in [-0.3, -0.25) is 0 Å². The van der Waals surface area contributed by atoms with Gasteiger partial charge in [0.05, 0.1) is 18.5 Å². The number of hydrazine groups is 1. The number of nitrogens with zero attached hydrogens (tertiary/aromatic N) is 2. The fraction of sp³-hybridized carbons (Fsp3) is 1.00. The van der Waals surface area contributed by atoms with E-state index in [4.69, 9.17) is 11.0 Å². The molecule has 0 aliphatic carbocycles. The molecular weight excluding hydrogens is 122 g/mol. The van der Waals surface area contributed by atoms with Crippen LogP contribution in [0.25, 0.3) is 0 Å². The van der Waals surface area contributed by atoms with Crippen LogP contribution in [0.1, 0.15) is 11.0 Å². The smallest absolute Gasteiger partial charge is 0.160 e. The first-order valence-corrected chi connectivity index (χ1v) is 2.01. The first-order chi connectivity index (χ1) is 7.27. The highest BCUT2D eigenvalue weighted by Gasteiger charge is 2.15. The molecule has 5 nitrogen and oxygen atoms in total. The third-order valence-electron chi connectivity index (χ3n) is 0.612. The summed E-state index contributed by atoms with van der Waals surface area (Å²) >= 11 is 0. The zero-order valence-electron chi connectivity index (χ0n) is 12.2. The van der Waals surface area contributed by atoms with Gasteiger partial charge in [-0.05, 0) is 0 Å². The maximum absolute atomic E-state index is 10.7. The monoisotopic (exact) mass is 139 g/mol. The van der Waals surface area contributed by atoms with Gasteiger partial charge in [-0.25, -0.2) is 10.1 Å². The third-order valence-corrected chi connectivity index (χ3v) is 0.612. The molecule has 1 heterocycles. The van der Waals surface area contributed by atoms with Gasteiger partial charge < -0.3 is 5.32 Å². The molecule has 0 unspecified atom stereocenters. The van der Waals surface area contributed by atoms with Crippen LogP contribution in [-0.2, 0) is 0 Å². The molecule has 0 radical (unpaired) electrons. The van der Waals surface area contributed by atoms with Crippen molar-refractivity contribution < 1.29 is 16.0 Å². The van der Waals surface area contributed by atoms with Crippen LogP contribution in [0.5, 0.6) is 0 Å². The van der Waals surface area contributed by atoms with Gasteiger partial charge in [0.25, 0.3) is 0 Å². The molecule has 0 amide bonds. The topological polar surface area (TPSA) is 58.4 Å². The van der Waals surface area contributed by atoms with Crippen LogP contribution < -0.4 is 5.32 Å². The van der Waals surface area contributed by atoms with E-state index in [0.717, 1.165) is 0 Å². The van der Waals surface area contributed by atoms with Gasteiger partial charge in [-0.1, -0.05) is 0 Å². The van der Waals surface area contributed by atoms with Gasteiger partial charge in [0.15, 0.2) is 5.03 Å². The van der Waals surface area contributed by atoms with Crippen molar-refractivity contribution in [3.63, 3.8) is 0 Å². The summed E-state index contributed by atoms with van der Waals surface area (Å²) < 4.78 is 57.9. The predicted molar refractivity (Wildman–Crippen MR) is 31.4 cm³/mol. The van der Waals surface area contributed by atoms with Crippen molar-refractivity contribution in [1.29, 1.82) is 0 Å². The molecule has 1 fully saturated rings. The Labute approximate surface area is 64.0 Å². The summed E-state index contributed by atoms with van der Waals surface area (Å²) in [6, 6.07) is 0. The Kier molecular flexibility index (Phi) is 0.468. The number of nitro groups is 1. The zero-order chi connectivity index (χ0) is 13.9. The number of hydrogen-bond donors (Lipinski definition) is 1. The molecule has 0 aromatic carbocycles. The van der Waals surface area contributed by atoms with Crippen molar-refractivity contribution in [2.75, 3.05) is 26.0 Å². The van der Waals surface area contributed by atoms with E-state index in [2.05, 4.69) is 0 Å². The molecule has 0 atom stereocenters. The highest BCUT2D eigenvalue weighted by atomic mass is 16.7. The average molecular weight is 139 g/mol. The molecule has 1 saturated heterocycles. The van der Waals surface area contributed by atoms with Crippen LogP contribution >= 0.6 is 0 Å². The summed E-state index contributed by atoms with van der Waals surface area (Å²) in [7, 11) is 0. The van der Waals surface area contributed by atoms with Crippen molar-refractivity contribution in [3.8, 4) is 0 Å². The molecule has 0 bridgehead atoms. The molecule has 0 spiro atoms. The normalized spacial score (nSPS) is 55.3. The molecule has 0 aromatic heterocycles. The fourth-order valence-electron chi connectivity index (χ4n) is 0.303. The molecule has 1 aliphatic rings. The van der Waals surface area contributed by atoms with E-state index in [1.54, 1.807) is 0 Å². The summed E-state index contributed by atoms with van der Waals surface area (Å²) in [4.78, 5) is 10.7. The van der Waals surface area contributed by atoms with Crippen molar-refractivity contribution in [2.24, 2.45) is 0 Å². The van der Waals surface area contributed by atoms with Gasteiger partial charge in [-0.15, -0.1) is 5.01 Å². The van der Waals surface area contributed by atoms with Crippen LogP contribution in [0.2, 0.25) is 0 Å². The Bertz CT molecular complexity index is 331. The number of hydrogen-bond acceptors (Lipinski definition) is 3. The first kappa shape index (κ1) is 1.60. The lowest BCUT2D eigenvalue weighted by molar-refractivity contribution is -0.656. The summed E-state index contributed by atoms with van der Waals surface area (Å²) in [5.41, 5.74) is 0. The molecule has 9 heavy (non-hydrogen) atoms. The summed E-state index contributed by atoms with van der Waals surface area (Å²) in [5.74, 6) is 0. The molecular formula is C4H9N3O2. The summed E-state index contributed by atoms with van der Waals surface area (Å²) in [5, 5.41) is 9.95. The first-order valence-electron chi connectivity index (χ1n) is 6.01. The Morgan fingerprint density at radius 1 is 1.67 bits per heavy atom. The van der Waals surface area contributed by atoms with Crippen LogP contribution in [0.4, 0.5) is 0 Å². The minimum absolute atomic E-state index is 0.684. The number of nitrogens with one attached hydrogen (secondary N) is 1. The van der Waals surface area contributed by atoms with Crippen LogP contribution in [0.15, 0.2) is 0 Å².